The normalized spacial score (nSPS) is 13.9. The van der Waals surface area contributed by atoms with E-state index in [-0.39, 0.29) is 22.6 Å². The molecule has 0 fully saturated rings. The van der Waals surface area contributed by atoms with E-state index in [9.17, 15) is 24.5 Å². The summed E-state index contributed by atoms with van der Waals surface area (Å²) < 4.78 is 0. The lowest BCUT2D eigenvalue weighted by molar-refractivity contribution is -0.384. The van der Waals surface area contributed by atoms with Crippen LogP contribution in [-0.2, 0) is 4.79 Å². The van der Waals surface area contributed by atoms with Gasteiger partial charge in [0.05, 0.1) is 17.0 Å². The van der Waals surface area contributed by atoms with E-state index >= 15 is 0 Å². The first-order valence-corrected chi connectivity index (χ1v) is 6.57. The number of anilines is 1. The van der Waals surface area contributed by atoms with E-state index in [0.29, 0.717) is 5.56 Å². The maximum absolute atomic E-state index is 12.0. The lowest BCUT2D eigenvalue weighted by Crippen LogP contribution is -2.39. The summed E-state index contributed by atoms with van der Waals surface area (Å²) in [6.07, 6.45) is -0.398. The number of aromatic amines is 1. The molecule has 1 amide bonds. The molecule has 23 heavy (non-hydrogen) atoms. The number of aromatic nitrogens is 2. The molecule has 116 valence electrons. The molecule has 1 aliphatic rings. The van der Waals surface area contributed by atoms with E-state index < -0.39 is 28.6 Å². The quantitative estimate of drug-likeness (QED) is 0.498. The average Bonchev–Trinajstić information content (AvgIpc) is 2.52. The highest BCUT2D eigenvalue weighted by molar-refractivity contribution is 6.20. The lowest BCUT2D eigenvalue weighted by Gasteiger charge is -2.25. The summed E-state index contributed by atoms with van der Waals surface area (Å²) in [4.78, 5) is 47.3. The Morgan fingerprint density at radius 3 is 2.74 bits per heavy atom. The van der Waals surface area contributed by atoms with Gasteiger partial charge in [-0.15, -0.1) is 0 Å². The number of fused-ring (bicyclic) bond motifs is 1. The van der Waals surface area contributed by atoms with E-state index in [1.165, 1.54) is 30.1 Å². The minimum atomic E-state index is -0.696. The Bertz CT molecular complexity index is 918. The number of carbonyl (C=O) groups is 2. The van der Waals surface area contributed by atoms with Crippen LogP contribution in [0.4, 0.5) is 11.4 Å². The first-order chi connectivity index (χ1) is 10.9. The molecule has 1 N–H and O–H groups in total. The molecular formula is C14H10N4O5. The fourth-order valence-corrected chi connectivity index (χ4v) is 2.46. The van der Waals surface area contributed by atoms with Gasteiger partial charge in [0.15, 0.2) is 5.78 Å². The summed E-state index contributed by atoms with van der Waals surface area (Å²) in [5.74, 6) is -1.07. The van der Waals surface area contributed by atoms with Crippen LogP contribution in [0.5, 0.6) is 0 Å². The number of amides is 1. The van der Waals surface area contributed by atoms with Gasteiger partial charge in [-0.3, -0.25) is 24.5 Å². The number of hydrogen-bond donors (Lipinski definition) is 1. The van der Waals surface area contributed by atoms with Gasteiger partial charge >= 0.3 is 0 Å². The van der Waals surface area contributed by atoms with Gasteiger partial charge in [0, 0.05) is 24.7 Å². The summed E-state index contributed by atoms with van der Waals surface area (Å²) in [6, 6.07) is 5.57. The zero-order valence-electron chi connectivity index (χ0n) is 11.9. The third kappa shape index (κ3) is 2.27. The minimum Gasteiger partial charge on any atom is -0.312 e. The highest BCUT2D eigenvalue weighted by Crippen LogP contribution is 2.34. The molecule has 9 nitrogen and oxygen atoms in total. The molecule has 0 saturated heterocycles. The SMILES string of the molecule is CN1C(=O)CC(=O)c2c1c(-c1cccc([N+](=O)[O-])c1)n[nH]c2=O. The van der Waals surface area contributed by atoms with Crippen molar-refractivity contribution < 1.29 is 14.5 Å². The molecule has 0 saturated carbocycles. The number of benzene rings is 1. The molecule has 0 aliphatic carbocycles. The molecule has 3 rings (SSSR count). The molecule has 0 unspecified atom stereocenters. The van der Waals surface area contributed by atoms with Gasteiger partial charge in [-0.25, -0.2) is 5.10 Å². The smallest absolute Gasteiger partial charge is 0.277 e. The number of hydrogen-bond acceptors (Lipinski definition) is 6. The number of non-ortho nitro benzene ring substituents is 1. The topological polar surface area (TPSA) is 126 Å². The monoisotopic (exact) mass is 314 g/mol. The first kappa shape index (κ1) is 14.6. The second-order valence-electron chi connectivity index (χ2n) is 4.99. The Labute approximate surface area is 128 Å². The molecule has 1 aromatic carbocycles. The van der Waals surface area contributed by atoms with Crippen LogP contribution < -0.4 is 10.5 Å². The molecule has 0 spiro atoms. The van der Waals surface area contributed by atoms with E-state index in [0.717, 1.165) is 0 Å². The van der Waals surface area contributed by atoms with Gasteiger partial charge < -0.3 is 4.90 Å². The zero-order valence-corrected chi connectivity index (χ0v) is 11.9. The summed E-state index contributed by atoms with van der Waals surface area (Å²) in [5, 5.41) is 17.0. The van der Waals surface area contributed by atoms with E-state index in [1.807, 2.05) is 0 Å². The van der Waals surface area contributed by atoms with Crippen LogP contribution in [0.3, 0.4) is 0 Å². The standard InChI is InChI=1S/C14H10N4O5/c1-17-10(20)6-9(19)11-13(17)12(15-16-14(11)21)7-3-2-4-8(5-7)18(22)23/h2-5H,6H2,1H3,(H,16,21). The Kier molecular flexibility index (Phi) is 3.25. The predicted octanol–water partition coefficient (Wildman–Crippen LogP) is 0.894. The van der Waals surface area contributed by atoms with Crippen LogP contribution in [-0.4, -0.2) is 33.9 Å². The number of rotatable bonds is 2. The van der Waals surface area contributed by atoms with Crippen LogP contribution in [0.2, 0.25) is 0 Å². The number of nitrogens with zero attached hydrogens (tertiary/aromatic N) is 3. The highest BCUT2D eigenvalue weighted by atomic mass is 16.6. The molecule has 0 atom stereocenters. The predicted molar refractivity (Wildman–Crippen MR) is 79.3 cm³/mol. The maximum atomic E-state index is 12.0. The molecule has 2 heterocycles. The second kappa shape index (κ2) is 5.13. The number of Topliss-reactive ketones (excluding diaryl/α,β-unsaturated/α-hetero) is 1. The van der Waals surface area contributed by atoms with Gasteiger partial charge in [-0.2, -0.15) is 5.10 Å². The van der Waals surface area contributed by atoms with Gasteiger partial charge in [-0.1, -0.05) is 12.1 Å². The van der Waals surface area contributed by atoms with Crippen molar-refractivity contribution in [1.82, 2.24) is 10.2 Å². The van der Waals surface area contributed by atoms with E-state index in [2.05, 4.69) is 10.2 Å². The van der Waals surface area contributed by atoms with Crippen molar-refractivity contribution in [3.63, 3.8) is 0 Å². The van der Waals surface area contributed by atoms with Crippen LogP contribution in [0.25, 0.3) is 11.3 Å². The maximum Gasteiger partial charge on any atom is 0.277 e. The van der Waals surface area contributed by atoms with Crippen molar-refractivity contribution >= 4 is 23.1 Å². The largest absolute Gasteiger partial charge is 0.312 e. The van der Waals surface area contributed by atoms with Crippen LogP contribution in [0, 0.1) is 10.1 Å². The van der Waals surface area contributed by atoms with Gasteiger partial charge in [0.2, 0.25) is 5.91 Å². The number of nitrogens with one attached hydrogen (secondary N) is 1. The third-order valence-corrected chi connectivity index (χ3v) is 3.59. The zero-order chi connectivity index (χ0) is 16.7. The van der Waals surface area contributed by atoms with Crippen molar-refractivity contribution in [2.24, 2.45) is 0 Å². The van der Waals surface area contributed by atoms with Crippen molar-refractivity contribution in [3.05, 3.63) is 50.3 Å². The summed E-state index contributed by atoms with van der Waals surface area (Å²) >= 11 is 0. The van der Waals surface area contributed by atoms with Gasteiger partial charge in [0.1, 0.15) is 11.3 Å². The molecule has 9 heteroatoms. The van der Waals surface area contributed by atoms with Crippen LogP contribution in [0.1, 0.15) is 16.8 Å². The third-order valence-electron chi connectivity index (χ3n) is 3.59. The molecule has 2 aromatic rings. The molecule has 1 aliphatic heterocycles. The van der Waals surface area contributed by atoms with E-state index in [4.69, 9.17) is 0 Å². The number of ketones is 1. The first-order valence-electron chi connectivity index (χ1n) is 6.57. The molecule has 1 aromatic heterocycles. The summed E-state index contributed by atoms with van der Waals surface area (Å²) in [6.45, 7) is 0. The van der Waals surface area contributed by atoms with Gasteiger partial charge in [0.25, 0.3) is 11.2 Å². The Balaban J connectivity index is 2.30. The van der Waals surface area contributed by atoms with Crippen molar-refractivity contribution in [2.45, 2.75) is 6.42 Å². The van der Waals surface area contributed by atoms with Crippen LogP contribution >= 0.6 is 0 Å². The molecule has 0 bridgehead atoms. The Hall–Kier alpha value is -3.36. The van der Waals surface area contributed by atoms with Gasteiger partial charge in [-0.05, 0) is 0 Å². The second-order valence-corrected chi connectivity index (χ2v) is 4.99. The highest BCUT2D eigenvalue weighted by Gasteiger charge is 2.33. The minimum absolute atomic E-state index is 0.0653. The number of nitro groups is 1. The average molecular weight is 314 g/mol. The van der Waals surface area contributed by atoms with Crippen molar-refractivity contribution in [1.29, 1.82) is 0 Å². The number of nitro benzene ring substituents is 1. The number of H-pyrrole nitrogens is 1. The summed E-state index contributed by atoms with van der Waals surface area (Å²) in [5.41, 5.74) is -0.508. The fourth-order valence-electron chi connectivity index (χ4n) is 2.46. The fraction of sp³-hybridized carbons (Fsp3) is 0.143. The molecular weight excluding hydrogens is 304 g/mol. The lowest BCUT2D eigenvalue weighted by atomic mass is 9.98. The Morgan fingerprint density at radius 2 is 2.04 bits per heavy atom. The van der Waals surface area contributed by atoms with Crippen molar-refractivity contribution in [3.8, 4) is 11.3 Å². The molecule has 0 radical (unpaired) electrons. The number of carbonyl (C=O) groups excluding carboxylic acids is 2. The Morgan fingerprint density at radius 1 is 1.30 bits per heavy atom. The van der Waals surface area contributed by atoms with Crippen LogP contribution in [0.15, 0.2) is 29.1 Å². The summed E-state index contributed by atoms with van der Waals surface area (Å²) in [7, 11) is 1.43. The van der Waals surface area contributed by atoms with E-state index in [1.54, 1.807) is 6.07 Å². The van der Waals surface area contributed by atoms with Crippen molar-refractivity contribution in [2.75, 3.05) is 11.9 Å².